The maximum atomic E-state index is 11.7. The van der Waals surface area contributed by atoms with Gasteiger partial charge in [-0.3, -0.25) is 0 Å². The molecule has 2 rings (SSSR count). The van der Waals surface area contributed by atoms with Crippen molar-refractivity contribution >= 4 is 11.9 Å². The average Bonchev–Trinajstić information content (AvgIpc) is 2.74. The van der Waals surface area contributed by atoms with Crippen LogP contribution in [-0.4, -0.2) is 39.2 Å². The minimum atomic E-state index is -0.332. The van der Waals surface area contributed by atoms with Gasteiger partial charge in [0, 0.05) is 0 Å². The molecule has 2 aromatic rings. The molecule has 0 aliphatic carbocycles. The van der Waals surface area contributed by atoms with E-state index < -0.39 is 0 Å². The summed E-state index contributed by atoms with van der Waals surface area (Å²) in [6.45, 7) is 0.632. The predicted octanol–water partition coefficient (Wildman–Crippen LogP) is 3.90. The molecule has 0 heterocycles. The summed E-state index contributed by atoms with van der Waals surface area (Å²) >= 11 is 0. The minimum absolute atomic E-state index is 0. The molecule has 2 aromatic carbocycles. The molecule has 0 saturated carbocycles. The molecule has 28 heavy (non-hydrogen) atoms. The van der Waals surface area contributed by atoms with Crippen molar-refractivity contribution in [2.45, 2.75) is 27.7 Å². The second-order valence-electron chi connectivity index (χ2n) is 4.71. The topological polar surface area (TPSA) is 105 Å². The van der Waals surface area contributed by atoms with Crippen molar-refractivity contribution in [1.29, 1.82) is 0 Å². The first-order valence-corrected chi connectivity index (χ1v) is 8.37. The average molecular weight is 393 g/mol. The van der Waals surface area contributed by atoms with E-state index in [0.717, 1.165) is 0 Å². The number of unbranched alkanes of at least 4 members (excludes halogenated alkanes) is 1. The molecule has 0 atom stereocenters. The Labute approximate surface area is 169 Å². The summed E-state index contributed by atoms with van der Waals surface area (Å²) in [6.07, 6.45) is 1.31. The van der Waals surface area contributed by atoms with Crippen LogP contribution in [0.25, 0.3) is 0 Å². The minimum Gasteiger partial charge on any atom is -0.462 e. The molecule has 0 spiro atoms. The van der Waals surface area contributed by atoms with E-state index in [9.17, 15) is 9.59 Å². The lowest BCUT2D eigenvalue weighted by molar-refractivity contribution is 0.0432. The van der Waals surface area contributed by atoms with Crippen LogP contribution in [0.3, 0.4) is 0 Å². The Hall–Kier alpha value is -2.70. The van der Waals surface area contributed by atoms with E-state index >= 15 is 0 Å². The van der Waals surface area contributed by atoms with Gasteiger partial charge in [-0.15, -0.1) is 0 Å². The molecule has 6 heteroatoms. The highest BCUT2D eigenvalue weighted by Crippen LogP contribution is 2.04. The van der Waals surface area contributed by atoms with Crippen LogP contribution >= 0.6 is 0 Å². The van der Waals surface area contributed by atoms with Gasteiger partial charge in [0.15, 0.2) is 0 Å². The van der Waals surface area contributed by atoms with E-state index in [4.69, 9.17) is 9.47 Å². The van der Waals surface area contributed by atoms with Crippen LogP contribution in [0.4, 0.5) is 0 Å². The molecule has 0 bridgehead atoms. The molecule has 0 fully saturated rings. The van der Waals surface area contributed by atoms with E-state index in [1.807, 2.05) is 12.1 Å². The SMILES string of the molecule is C.C.CN.CN.O=C(OCCCCOC(=O)c1ccccc1)c1ccccc1. The third-order valence-electron chi connectivity index (χ3n) is 3.02. The van der Waals surface area contributed by atoms with Crippen LogP contribution < -0.4 is 11.5 Å². The second-order valence-corrected chi connectivity index (χ2v) is 4.71. The Morgan fingerprint density at radius 3 is 1.21 bits per heavy atom. The lowest BCUT2D eigenvalue weighted by Gasteiger charge is -2.06. The van der Waals surface area contributed by atoms with Gasteiger partial charge in [0.2, 0.25) is 0 Å². The van der Waals surface area contributed by atoms with E-state index in [0.29, 0.717) is 37.2 Å². The summed E-state index contributed by atoms with van der Waals surface area (Å²) in [4.78, 5) is 23.3. The zero-order valence-electron chi connectivity index (χ0n) is 15.4. The maximum Gasteiger partial charge on any atom is 0.338 e. The zero-order chi connectivity index (χ0) is 19.6. The van der Waals surface area contributed by atoms with E-state index in [2.05, 4.69) is 11.5 Å². The molecule has 4 N–H and O–H groups in total. The molecule has 0 aliphatic heterocycles. The number of esters is 2. The standard InChI is InChI=1S/C18H18O4.2CH5N.2CH4/c19-17(15-9-3-1-4-10-15)21-13-7-8-14-22-18(20)16-11-5-2-6-12-16;2*1-2;;/h1-6,9-12H,7-8,13-14H2;2*2H2,1H3;2*1H4. The molecule has 0 unspecified atom stereocenters. The van der Waals surface area contributed by atoms with Gasteiger partial charge < -0.3 is 20.9 Å². The molecule has 0 aromatic heterocycles. The van der Waals surface area contributed by atoms with Gasteiger partial charge >= 0.3 is 11.9 Å². The van der Waals surface area contributed by atoms with Gasteiger partial charge in [0.05, 0.1) is 24.3 Å². The van der Waals surface area contributed by atoms with Crippen LogP contribution in [0, 0.1) is 0 Å². The van der Waals surface area contributed by atoms with Crippen molar-refractivity contribution in [2.24, 2.45) is 11.5 Å². The Morgan fingerprint density at radius 1 is 0.643 bits per heavy atom. The monoisotopic (exact) mass is 392 g/mol. The first kappa shape index (κ1) is 30.0. The number of ether oxygens (including phenoxy) is 2. The van der Waals surface area contributed by atoms with Crippen LogP contribution in [0.5, 0.6) is 0 Å². The first-order valence-electron chi connectivity index (χ1n) is 8.37. The van der Waals surface area contributed by atoms with E-state index in [-0.39, 0.29) is 26.8 Å². The van der Waals surface area contributed by atoms with Gasteiger partial charge in [0.1, 0.15) is 0 Å². The summed E-state index contributed by atoms with van der Waals surface area (Å²) < 4.78 is 10.3. The third-order valence-corrected chi connectivity index (χ3v) is 3.02. The predicted molar refractivity (Wildman–Crippen MR) is 116 cm³/mol. The molecule has 158 valence electrons. The Bertz CT molecular complexity index is 549. The van der Waals surface area contributed by atoms with Gasteiger partial charge in [-0.1, -0.05) is 51.3 Å². The van der Waals surface area contributed by atoms with Crippen molar-refractivity contribution in [2.75, 3.05) is 27.3 Å². The number of carbonyl (C=O) groups excluding carboxylic acids is 2. The fourth-order valence-electron chi connectivity index (χ4n) is 1.85. The molecule has 0 aliphatic rings. The van der Waals surface area contributed by atoms with Crippen molar-refractivity contribution in [3.63, 3.8) is 0 Å². The van der Waals surface area contributed by atoms with Crippen LogP contribution in [0.15, 0.2) is 60.7 Å². The van der Waals surface area contributed by atoms with Gasteiger partial charge in [-0.25, -0.2) is 9.59 Å². The van der Waals surface area contributed by atoms with Crippen molar-refractivity contribution in [3.8, 4) is 0 Å². The first-order chi connectivity index (χ1) is 12.8. The lowest BCUT2D eigenvalue weighted by Crippen LogP contribution is -2.09. The zero-order valence-corrected chi connectivity index (χ0v) is 15.4. The van der Waals surface area contributed by atoms with Crippen molar-refractivity contribution < 1.29 is 19.1 Å². The Balaban J connectivity index is -0.000000978. The summed E-state index contributed by atoms with van der Waals surface area (Å²) in [5.41, 5.74) is 10.1. The highest BCUT2D eigenvalue weighted by Gasteiger charge is 2.07. The smallest absolute Gasteiger partial charge is 0.338 e. The summed E-state index contributed by atoms with van der Waals surface area (Å²) in [5.74, 6) is -0.663. The third kappa shape index (κ3) is 12.6. The molecule has 0 radical (unpaired) electrons. The highest BCUT2D eigenvalue weighted by molar-refractivity contribution is 5.89. The molecular weight excluding hydrogens is 356 g/mol. The number of carbonyl (C=O) groups is 2. The number of benzene rings is 2. The number of nitrogens with two attached hydrogens (primary N) is 2. The van der Waals surface area contributed by atoms with E-state index in [1.54, 1.807) is 48.5 Å². The number of hydrogen-bond donors (Lipinski definition) is 2. The summed E-state index contributed by atoms with van der Waals surface area (Å²) in [7, 11) is 3.00. The second kappa shape index (κ2) is 20.6. The largest absolute Gasteiger partial charge is 0.462 e. The van der Waals surface area contributed by atoms with Crippen LogP contribution in [0.1, 0.15) is 48.4 Å². The Kier molecular flexibility index (Phi) is 22.1. The van der Waals surface area contributed by atoms with Crippen LogP contribution in [0.2, 0.25) is 0 Å². The molecular formula is C22H36N2O4. The normalized spacial score (nSPS) is 8.29. The fraction of sp³-hybridized carbons (Fsp3) is 0.364. The summed E-state index contributed by atoms with van der Waals surface area (Å²) in [6, 6.07) is 17.7. The van der Waals surface area contributed by atoms with Gasteiger partial charge in [-0.2, -0.15) is 0 Å². The van der Waals surface area contributed by atoms with Gasteiger partial charge in [0.25, 0.3) is 0 Å². The van der Waals surface area contributed by atoms with E-state index in [1.165, 1.54) is 14.1 Å². The van der Waals surface area contributed by atoms with Gasteiger partial charge in [-0.05, 0) is 51.2 Å². The lowest BCUT2D eigenvalue weighted by atomic mass is 10.2. The molecule has 6 nitrogen and oxygen atoms in total. The highest BCUT2D eigenvalue weighted by atomic mass is 16.5. The quantitative estimate of drug-likeness (QED) is 0.547. The van der Waals surface area contributed by atoms with Crippen LogP contribution in [-0.2, 0) is 9.47 Å². The summed E-state index contributed by atoms with van der Waals surface area (Å²) in [5, 5.41) is 0. The molecule has 0 amide bonds. The van der Waals surface area contributed by atoms with Crippen molar-refractivity contribution in [3.05, 3.63) is 71.8 Å². The fourth-order valence-corrected chi connectivity index (χ4v) is 1.85. The Morgan fingerprint density at radius 2 is 0.929 bits per heavy atom. The van der Waals surface area contributed by atoms with Crippen molar-refractivity contribution in [1.82, 2.24) is 0 Å². The molecule has 0 saturated heterocycles. The maximum absolute atomic E-state index is 11.7. The number of hydrogen-bond acceptors (Lipinski definition) is 6. The number of rotatable bonds is 7.